The van der Waals surface area contributed by atoms with E-state index in [1.165, 1.54) is 42.0 Å². The van der Waals surface area contributed by atoms with E-state index in [1.807, 2.05) is 84.3 Å². The molecule has 6 heteroatoms. The van der Waals surface area contributed by atoms with Crippen LogP contribution in [0.3, 0.4) is 0 Å². The monoisotopic (exact) mass is 733 g/mol. The first-order chi connectivity index (χ1) is 27.7. The van der Waals surface area contributed by atoms with Crippen molar-refractivity contribution in [3.8, 4) is 62.2 Å². The molecule has 11 rings (SSSR count). The van der Waals surface area contributed by atoms with Gasteiger partial charge in [-0.1, -0.05) is 140 Å². The summed E-state index contributed by atoms with van der Waals surface area (Å²) in [7, 11) is 0. The summed E-state index contributed by atoms with van der Waals surface area (Å²) >= 11 is 1.82. The Balaban J connectivity index is 1.12. The molecule has 0 aliphatic heterocycles. The number of rotatable bonds is 6. The van der Waals surface area contributed by atoms with Crippen LogP contribution in [0.25, 0.3) is 104 Å². The number of fused-ring (bicyclic) bond motifs is 6. The molecule has 0 fully saturated rings. The highest BCUT2D eigenvalue weighted by molar-refractivity contribution is 7.26. The van der Waals surface area contributed by atoms with Gasteiger partial charge in [-0.2, -0.15) is 0 Å². The van der Waals surface area contributed by atoms with Crippen LogP contribution in [-0.4, -0.2) is 24.5 Å². The van der Waals surface area contributed by atoms with Crippen molar-refractivity contribution in [2.75, 3.05) is 0 Å². The molecule has 0 bridgehead atoms. The van der Waals surface area contributed by atoms with Gasteiger partial charge in [0.2, 0.25) is 0 Å². The predicted octanol–water partition coefficient (Wildman–Crippen LogP) is 13.1. The van der Waals surface area contributed by atoms with Crippen molar-refractivity contribution >= 4 is 53.3 Å². The molecule has 0 saturated heterocycles. The van der Waals surface area contributed by atoms with Gasteiger partial charge in [0.15, 0.2) is 17.5 Å². The molecule has 4 aromatic heterocycles. The molecular weight excluding hydrogens is 703 g/mol. The third-order valence-electron chi connectivity index (χ3n) is 10.5. The summed E-state index contributed by atoms with van der Waals surface area (Å²) in [5, 5.41) is 4.97. The van der Waals surface area contributed by atoms with Crippen LogP contribution in [0, 0.1) is 0 Å². The Hall–Kier alpha value is -7.28. The summed E-state index contributed by atoms with van der Waals surface area (Å²) in [5.74, 6) is 1.81. The lowest BCUT2D eigenvalue weighted by Crippen LogP contribution is -2.02. The Morgan fingerprint density at radius 1 is 0.375 bits per heavy atom. The minimum Gasteiger partial charge on any atom is -0.309 e. The summed E-state index contributed by atoms with van der Waals surface area (Å²) in [6, 6.07) is 63.5. The van der Waals surface area contributed by atoms with Crippen molar-refractivity contribution < 1.29 is 0 Å². The van der Waals surface area contributed by atoms with E-state index in [1.54, 1.807) is 0 Å². The summed E-state index contributed by atoms with van der Waals surface area (Å²) in [5.41, 5.74) is 10.2. The van der Waals surface area contributed by atoms with Crippen LogP contribution >= 0.6 is 11.3 Å². The average Bonchev–Trinajstić information content (AvgIpc) is 3.80. The molecule has 0 aliphatic carbocycles. The molecule has 5 nitrogen and oxygen atoms in total. The Bertz CT molecular complexity index is 3170. The van der Waals surface area contributed by atoms with Crippen LogP contribution in [0.4, 0.5) is 0 Å². The van der Waals surface area contributed by atoms with Gasteiger partial charge in [-0.15, -0.1) is 11.3 Å². The average molecular weight is 734 g/mol. The first-order valence-corrected chi connectivity index (χ1v) is 19.4. The van der Waals surface area contributed by atoms with Gasteiger partial charge >= 0.3 is 0 Å². The minimum atomic E-state index is 0.575. The SMILES string of the molecule is c1ccc(-c2cnc(-c3ccc4c(c3)sc3cc5c6ccccc6n(-c6ccccc6)c5cc34)c(-c3nc(-c4ccccc4)nc(-c4ccccc4)n3)c2)cc1. The van der Waals surface area contributed by atoms with E-state index >= 15 is 0 Å². The predicted molar refractivity (Wildman–Crippen MR) is 232 cm³/mol. The zero-order valence-corrected chi connectivity index (χ0v) is 30.9. The number of aromatic nitrogens is 5. The lowest BCUT2D eigenvalue weighted by atomic mass is 9.99. The van der Waals surface area contributed by atoms with E-state index in [2.05, 4.69) is 120 Å². The first kappa shape index (κ1) is 32.2. The second kappa shape index (κ2) is 13.2. The third-order valence-corrected chi connectivity index (χ3v) is 11.6. The summed E-state index contributed by atoms with van der Waals surface area (Å²) < 4.78 is 4.84. The number of hydrogen-bond acceptors (Lipinski definition) is 5. The first-order valence-electron chi connectivity index (χ1n) is 18.6. The van der Waals surface area contributed by atoms with Crippen molar-refractivity contribution in [2.45, 2.75) is 0 Å². The molecule has 0 N–H and O–H groups in total. The van der Waals surface area contributed by atoms with Crippen LogP contribution in [0.15, 0.2) is 188 Å². The van der Waals surface area contributed by atoms with Crippen LogP contribution in [-0.2, 0) is 0 Å². The maximum atomic E-state index is 5.18. The van der Waals surface area contributed by atoms with Crippen molar-refractivity contribution in [2.24, 2.45) is 0 Å². The van der Waals surface area contributed by atoms with Gasteiger partial charge in [-0.05, 0) is 48.0 Å². The largest absolute Gasteiger partial charge is 0.309 e. The fraction of sp³-hybridized carbons (Fsp3) is 0. The molecule has 7 aromatic carbocycles. The highest BCUT2D eigenvalue weighted by Gasteiger charge is 2.20. The standard InChI is InChI=1S/C50H31N5S/c1-5-15-32(16-6-1)36-27-42(50-53-48(33-17-7-2-8-18-33)52-49(54-50)34-19-9-3-10-20-34)47(51-31-36)35-25-26-39-41-29-44-40(30-46(41)56-45(39)28-35)38-23-13-14-24-43(38)55(44)37-21-11-4-12-22-37/h1-31H. The molecule has 0 spiro atoms. The van der Waals surface area contributed by atoms with E-state index in [-0.39, 0.29) is 0 Å². The Labute approximate surface area is 326 Å². The van der Waals surface area contributed by atoms with E-state index < -0.39 is 0 Å². The molecule has 0 atom stereocenters. The van der Waals surface area contributed by atoms with Gasteiger partial charge in [0.1, 0.15) is 0 Å². The zero-order valence-electron chi connectivity index (χ0n) is 30.0. The lowest BCUT2D eigenvalue weighted by molar-refractivity contribution is 1.07. The van der Waals surface area contributed by atoms with Crippen LogP contribution in [0.2, 0.25) is 0 Å². The number of nitrogens with zero attached hydrogens (tertiary/aromatic N) is 5. The molecule has 0 aliphatic rings. The normalized spacial score (nSPS) is 11.6. The van der Waals surface area contributed by atoms with Crippen molar-refractivity contribution in [1.29, 1.82) is 0 Å². The second-order valence-electron chi connectivity index (χ2n) is 13.9. The Kier molecular flexibility index (Phi) is 7.60. The number of pyridine rings is 1. The third kappa shape index (κ3) is 5.46. The summed E-state index contributed by atoms with van der Waals surface area (Å²) in [4.78, 5) is 20.4. The van der Waals surface area contributed by atoms with E-state index in [9.17, 15) is 0 Å². The molecule has 0 amide bonds. The van der Waals surface area contributed by atoms with E-state index in [0.717, 1.165) is 44.8 Å². The van der Waals surface area contributed by atoms with Crippen molar-refractivity contribution in [1.82, 2.24) is 24.5 Å². The number of hydrogen-bond donors (Lipinski definition) is 0. The van der Waals surface area contributed by atoms with Crippen LogP contribution < -0.4 is 0 Å². The molecule has 0 unspecified atom stereocenters. The number of thiophene rings is 1. The lowest BCUT2D eigenvalue weighted by Gasteiger charge is -2.13. The van der Waals surface area contributed by atoms with Crippen molar-refractivity contribution in [3.63, 3.8) is 0 Å². The second-order valence-corrected chi connectivity index (χ2v) is 15.0. The Morgan fingerprint density at radius 2 is 0.964 bits per heavy atom. The topological polar surface area (TPSA) is 56.5 Å². The minimum absolute atomic E-state index is 0.575. The molecular formula is C50H31N5S. The van der Waals surface area contributed by atoms with Gasteiger partial charge in [0.05, 0.1) is 16.7 Å². The van der Waals surface area contributed by atoms with Gasteiger partial charge in [0, 0.05) is 70.6 Å². The molecule has 4 heterocycles. The number of benzene rings is 7. The van der Waals surface area contributed by atoms with Crippen LogP contribution in [0.5, 0.6) is 0 Å². The Morgan fingerprint density at radius 3 is 1.66 bits per heavy atom. The number of para-hydroxylation sites is 2. The highest BCUT2D eigenvalue weighted by Crippen LogP contribution is 2.43. The van der Waals surface area contributed by atoms with Gasteiger partial charge < -0.3 is 4.57 Å². The molecule has 0 saturated carbocycles. The molecule has 262 valence electrons. The highest BCUT2D eigenvalue weighted by atomic mass is 32.1. The zero-order chi connectivity index (χ0) is 37.0. The van der Waals surface area contributed by atoms with Gasteiger partial charge in [-0.25, -0.2) is 15.0 Å². The summed E-state index contributed by atoms with van der Waals surface area (Å²) in [6.07, 6.45) is 1.96. The van der Waals surface area contributed by atoms with E-state index in [0.29, 0.717) is 17.5 Å². The van der Waals surface area contributed by atoms with Gasteiger partial charge in [-0.3, -0.25) is 4.98 Å². The smallest absolute Gasteiger partial charge is 0.166 e. The quantitative estimate of drug-likeness (QED) is 0.171. The molecule has 0 radical (unpaired) electrons. The van der Waals surface area contributed by atoms with Gasteiger partial charge in [0.25, 0.3) is 0 Å². The molecule has 11 aromatic rings. The fourth-order valence-electron chi connectivity index (χ4n) is 7.82. The molecule has 56 heavy (non-hydrogen) atoms. The van der Waals surface area contributed by atoms with E-state index in [4.69, 9.17) is 19.9 Å². The maximum absolute atomic E-state index is 5.18. The van der Waals surface area contributed by atoms with Crippen LogP contribution in [0.1, 0.15) is 0 Å². The summed E-state index contributed by atoms with van der Waals surface area (Å²) in [6.45, 7) is 0. The van der Waals surface area contributed by atoms with Crippen molar-refractivity contribution in [3.05, 3.63) is 188 Å². The maximum Gasteiger partial charge on any atom is 0.166 e. The fourth-order valence-corrected chi connectivity index (χ4v) is 8.99.